The summed E-state index contributed by atoms with van der Waals surface area (Å²) in [6, 6.07) is 8.85. The van der Waals surface area contributed by atoms with Gasteiger partial charge in [-0.15, -0.1) is 11.3 Å². The average Bonchev–Trinajstić information content (AvgIpc) is 2.97. The highest BCUT2D eigenvalue weighted by Crippen LogP contribution is 2.16. The lowest BCUT2D eigenvalue weighted by Gasteiger charge is -2.15. The van der Waals surface area contributed by atoms with Gasteiger partial charge in [0.1, 0.15) is 5.01 Å². The fourth-order valence-electron chi connectivity index (χ4n) is 1.71. The number of rotatable bonds is 5. The number of carbonyl (C=O) groups excluding carboxylic acids is 2. The van der Waals surface area contributed by atoms with E-state index in [9.17, 15) is 9.59 Å². The van der Waals surface area contributed by atoms with Crippen LogP contribution in [0.1, 0.15) is 23.5 Å². The third-order valence-corrected chi connectivity index (χ3v) is 3.46. The maximum absolute atomic E-state index is 12.2. The lowest BCUT2D eigenvalue weighted by atomic mass is 10.2. The second-order valence-electron chi connectivity index (χ2n) is 4.21. The SMILES string of the molecule is CC(=O)NC(C(=O)NCc1ccccc1)c1nccs1. The Kier molecular flexibility index (Phi) is 4.84. The van der Waals surface area contributed by atoms with Gasteiger partial charge in [0.05, 0.1) is 0 Å². The van der Waals surface area contributed by atoms with Crippen molar-refractivity contribution >= 4 is 23.2 Å². The molecule has 0 bridgehead atoms. The number of carbonyl (C=O) groups is 2. The van der Waals surface area contributed by atoms with Crippen LogP contribution in [0, 0.1) is 0 Å². The molecule has 0 aliphatic rings. The second kappa shape index (κ2) is 6.81. The van der Waals surface area contributed by atoms with Crippen LogP contribution in [0.15, 0.2) is 41.9 Å². The van der Waals surface area contributed by atoms with Gasteiger partial charge in [0.15, 0.2) is 6.04 Å². The fraction of sp³-hybridized carbons (Fsp3) is 0.214. The quantitative estimate of drug-likeness (QED) is 0.879. The summed E-state index contributed by atoms with van der Waals surface area (Å²) >= 11 is 1.34. The predicted molar refractivity (Wildman–Crippen MR) is 77.0 cm³/mol. The number of amides is 2. The number of aromatic nitrogens is 1. The third-order valence-electron chi connectivity index (χ3n) is 2.62. The smallest absolute Gasteiger partial charge is 0.250 e. The van der Waals surface area contributed by atoms with Crippen molar-refractivity contribution in [3.05, 3.63) is 52.5 Å². The van der Waals surface area contributed by atoms with Crippen LogP contribution >= 0.6 is 11.3 Å². The summed E-state index contributed by atoms with van der Waals surface area (Å²) in [6.45, 7) is 1.80. The van der Waals surface area contributed by atoms with Gasteiger partial charge in [-0.2, -0.15) is 0 Å². The minimum Gasteiger partial charge on any atom is -0.350 e. The molecular formula is C14H15N3O2S. The molecule has 1 aromatic heterocycles. The van der Waals surface area contributed by atoms with Gasteiger partial charge in [0.2, 0.25) is 11.8 Å². The molecule has 0 aliphatic heterocycles. The number of hydrogen-bond acceptors (Lipinski definition) is 4. The van der Waals surface area contributed by atoms with Gasteiger partial charge in [-0.1, -0.05) is 30.3 Å². The molecule has 0 aliphatic carbocycles. The molecule has 1 heterocycles. The lowest BCUT2D eigenvalue weighted by Crippen LogP contribution is -2.39. The molecule has 1 unspecified atom stereocenters. The van der Waals surface area contributed by atoms with E-state index in [1.807, 2.05) is 30.3 Å². The van der Waals surface area contributed by atoms with E-state index >= 15 is 0 Å². The summed E-state index contributed by atoms with van der Waals surface area (Å²) in [5, 5.41) is 7.77. The van der Waals surface area contributed by atoms with E-state index in [4.69, 9.17) is 0 Å². The first kappa shape index (κ1) is 14.2. The van der Waals surface area contributed by atoms with E-state index in [0.29, 0.717) is 11.6 Å². The summed E-state index contributed by atoms with van der Waals surface area (Å²) in [7, 11) is 0. The molecular weight excluding hydrogens is 274 g/mol. The Morgan fingerprint density at radius 2 is 2.05 bits per heavy atom. The van der Waals surface area contributed by atoms with Crippen molar-refractivity contribution in [2.75, 3.05) is 0 Å². The normalized spacial score (nSPS) is 11.7. The summed E-state index contributed by atoms with van der Waals surface area (Å²) in [6.07, 6.45) is 1.61. The van der Waals surface area contributed by atoms with Crippen LogP contribution in [0.4, 0.5) is 0 Å². The van der Waals surface area contributed by atoms with E-state index in [0.717, 1.165) is 5.56 Å². The number of nitrogens with one attached hydrogen (secondary N) is 2. The minimum absolute atomic E-state index is 0.264. The van der Waals surface area contributed by atoms with Crippen LogP contribution in [0.25, 0.3) is 0 Å². The largest absolute Gasteiger partial charge is 0.350 e. The second-order valence-corrected chi connectivity index (χ2v) is 5.13. The zero-order chi connectivity index (χ0) is 14.4. The Balaban J connectivity index is 2.02. The molecule has 1 aromatic carbocycles. The van der Waals surface area contributed by atoms with E-state index in [1.165, 1.54) is 18.3 Å². The minimum atomic E-state index is -0.740. The number of benzene rings is 1. The van der Waals surface area contributed by atoms with Gasteiger partial charge >= 0.3 is 0 Å². The van der Waals surface area contributed by atoms with Crippen LogP contribution in [0.5, 0.6) is 0 Å². The summed E-state index contributed by atoms with van der Waals surface area (Å²) in [5.41, 5.74) is 1.00. The average molecular weight is 289 g/mol. The standard InChI is InChI=1S/C14H15N3O2S/c1-10(18)17-12(14-15-7-8-20-14)13(19)16-9-11-5-3-2-4-6-11/h2-8,12H,9H2,1H3,(H,16,19)(H,17,18). The van der Waals surface area contributed by atoms with Gasteiger partial charge in [0, 0.05) is 25.0 Å². The Labute approximate surface area is 121 Å². The molecule has 0 saturated carbocycles. The maximum Gasteiger partial charge on any atom is 0.250 e. The highest BCUT2D eigenvalue weighted by atomic mass is 32.1. The molecule has 0 spiro atoms. The first-order valence-electron chi connectivity index (χ1n) is 6.15. The summed E-state index contributed by atoms with van der Waals surface area (Å²) < 4.78 is 0. The molecule has 2 rings (SSSR count). The Bertz CT molecular complexity index is 569. The summed E-state index contributed by atoms with van der Waals surface area (Å²) in [4.78, 5) is 27.5. The Morgan fingerprint density at radius 3 is 2.65 bits per heavy atom. The molecule has 2 amide bonds. The highest BCUT2D eigenvalue weighted by molar-refractivity contribution is 7.09. The monoisotopic (exact) mass is 289 g/mol. The van der Waals surface area contributed by atoms with Crippen molar-refractivity contribution in [3.63, 3.8) is 0 Å². The molecule has 0 fully saturated rings. The topological polar surface area (TPSA) is 71.1 Å². The van der Waals surface area contributed by atoms with Gasteiger partial charge in [-0.25, -0.2) is 4.98 Å². The van der Waals surface area contributed by atoms with Crippen LogP contribution in [0.2, 0.25) is 0 Å². The molecule has 2 N–H and O–H groups in total. The van der Waals surface area contributed by atoms with Gasteiger partial charge in [-0.05, 0) is 5.56 Å². The first-order valence-corrected chi connectivity index (χ1v) is 7.03. The van der Waals surface area contributed by atoms with Crippen LogP contribution in [-0.2, 0) is 16.1 Å². The van der Waals surface area contributed by atoms with Crippen molar-refractivity contribution in [2.45, 2.75) is 19.5 Å². The zero-order valence-corrected chi connectivity index (χ0v) is 11.8. The van der Waals surface area contributed by atoms with Crippen molar-refractivity contribution in [2.24, 2.45) is 0 Å². The van der Waals surface area contributed by atoms with Crippen molar-refractivity contribution in [1.29, 1.82) is 0 Å². The first-order chi connectivity index (χ1) is 9.66. The lowest BCUT2D eigenvalue weighted by molar-refractivity contribution is -0.128. The van der Waals surface area contributed by atoms with E-state index in [1.54, 1.807) is 11.6 Å². The van der Waals surface area contributed by atoms with E-state index < -0.39 is 6.04 Å². The molecule has 0 radical (unpaired) electrons. The maximum atomic E-state index is 12.2. The fourth-order valence-corrected chi connectivity index (χ4v) is 2.39. The summed E-state index contributed by atoms with van der Waals surface area (Å²) in [5.74, 6) is -0.529. The van der Waals surface area contributed by atoms with Crippen LogP contribution < -0.4 is 10.6 Å². The van der Waals surface area contributed by atoms with Crippen molar-refractivity contribution in [3.8, 4) is 0 Å². The highest BCUT2D eigenvalue weighted by Gasteiger charge is 2.23. The Hall–Kier alpha value is -2.21. The van der Waals surface area contributed by atoms with Crippen molar-refractivity contribution in [1.82, 2.24) is 15.6 Å². The molecule has 6 heteroatoms. The number of nitrogens with zero attached hydrogens (tertiary/aromatic N) is 1. The molecule has 104 valence electrons. The molecule has 1 atom stereocenters. The predicted octanol–water partition coefficient (Wildman–Crippen LogP) is 1.64. The van der Waals surface area contributed by atoms with E-state index in [-0.39, 0.29) is 11.8 Å². The molecule has 20 heavy (non-hydrogen) atoms. The van der Waals surface area contributed by atoms with Gasteiger partial charge in [-0.3, -0.25) is 9.59 Å². The number of hydrogen-bond donors (Lipinski definition) is 2. The van der Waals surface area contributed by atoms with E-state index in [2.05, 4.69) is 15.6 Å². The Morgan fingerprint density at radius 1 is 1.30 bits per heavy atom. The number of thiazole rings is 1. The van der Waals surface area contributed by atoms with Crippen LogP contribution in [0.3, 0.4) is 0 Å². The van der Waals surface area contributed by atoms with Crippen molar-refractivity contribution < 1.29 is 9.59 Å². The zero-order valence-electron chi connectivity index (χ0n) is 11.0. The van der Waals surface area contributed by atoms with Gasteiger partial charge in [0.25, 0.3) is 0 Å². The molecule has 0 saturated heterocycles. The van der Waals surface area contributed by atoms with Gasteiger partial charge < -0.3 is 10.6 Å². The molecule has 5 nitrogen and oxygen atoms in total. The van der Waals surface area contributed by atoms with Crippen LogP contribution in [-0.4, -0.2) is 16.8 Å². The third kappa shape index (κ3) is 3.89. The molecule has 2 aromatic rings.